The van der Waals surface area contributed by atoms with Crippen LogP contribution in [-0.4, -0.2) is 49.3 Å². The first kappa shape index (κ1) is 19.9. The molecule has 0 saturated heterocycles. The molecule has 0 fully saturated rings. The lowest BCUT2D eigenvalue weighted by Gasteiger charge is -2.31. The molecule has 5 heteroatoms. The molecule has 0 aliphatic rings. The summed E-state index contributed by atoms with van der Waals surface area (Å²) in [6, 6.07) is 19.5. The maximum absolute atomic E-state index is 9.93. The van der Waals surface area contributed by atoms with Crippen molar-refractivity contribution >= 4 is 32.6 Å². The SMILES string of the molecule is COCC(CO)(COC)NCc1ccc2c(c1)c1c3ccccc3ccc1n2C. The lowest BCUT2D eigenvalue weighted by molar-refractivity contribution is 0.00673. The molecule has 0 aliphatic carbocycles. The van der Waals surface area contributed by atoms with Crippen LogP contribution in [0.3, 0.4) is 0 Å². The highest BCUT2D eigenvalue weighted by molar-refractivity contribution is 6.20. The fourth-order valence-corrected chi connectivity index (χ4v) is 4.27. The Morgan fingerprint density at radius 1 is 0.931 bits per heavy atom. The number of rotatable bonds is 8. The summed E-state index contributed by atoms with van der Waals surface area (Å²) >= 11 is 0. The highest BCUT2D eigenvalue weighted by atomic mass is 16.5. The average molecular weight is 392 g/mol. The van der Waals surface area contributed by atoms with Gasteiger partial charge in [0.25, 0.3) is 0 Å². The van der Waals surface area contributed by atoms with Gasteiger partial charge in [0.05, 0.1) is 25.4 Å². The molecule has 0 unspecified atom stereocenters. The van der Waals surface area contributed by atoms with Gasteiger partial charge in [0.1, 0.15) is 0 Å². The maximum Gasteiger partial charge on any atom is 0.0889 e. The van der Waals surface area contributed by atoms with Gasteiger partial charge in [0.15, 0.2) is 0 Å². The zero-order valence-corrected chi connectivity index (χ0v) is 17.2. The number of nitrogens with zero attached hydrogens (tertiary/aromatic N) is 1. The molecule has 4 rings (SSSR count). The number of aromatic nitrogens is 1. The van der Waals surface area contributed by atoms with Gasteiger partial charge in [-0.25, -0.2) is 0 Å². The molecule has 1 aromatic heterocycles. The molecular formula is C24H28N2O3. The van der Waals surface area contributed by atoms with Crippen LogP contribution in [0.15, 0.2) is 54.6 Å². The number of aryl methyl sites for hydroxylation is 1. The lowest BCUT2D eigenvalue weighted by atomic mass is 10.0. The molecule has 4 aromatic rings. The minimum Gasteiger partial charge on any atom is -0.394 e. The first-order valence-electron chi connectivity index (χ1n) is 9.85. The molecule has 0 spiro atoms. The fourth-order valence-electron chi connectivity index (χ4n) is 4.27. The molecular weight excluding hydrogens is 364 g/mol. The smallest absolute Gasteiger partial charge is 0.0889 e. The Labute approximate surface area is 170 Å². The van der Waals surface area contributed by atoms with E-state index in [1.165, 1.54) is 32.6 Å². The summed E-state index contributed by atoms with van der Waals surface area (Å²) in [5.41, 5.74) is 2.97. The van der Waals surface area contributed by atoms with Crippen molar-refractivity contribution in [3.05, 3.63) is 60.2 Å². The van der Waals surface area contributed by atoms with Crippen LogP contribution < -0.4 is 5.32 Å². The molecule has 0 saturated carbocycles. The maximum atomic E-state index is 9.93. The van der Waals surface area contributed by atoms with Gasteiger partial charge in [-0.15, -0.1) is 0 Å². The van der Waals surface area contributed by atoms with E-state index in [9.17, 15) is 5.11 Å². The molecule has 0 radical (unpaired) electrons. The second kappa shape index (κ2) is 8.13. The van der Waals surface area contributed by atoms with Crippen molar-refractivity contribution in [1.82, 2.24) is 9.88 Å². The predicted octanol–water partition coefficient (Wildman–Crippen LogP) is 3.60. The van der Waals surface area contributed by atoms with E-state index in [4.69, 9.17) is 9.47 Å². The van der Waals surface area contributed by atoms with Crippen molar-refractivity contribution in [2.75, 3.05) is 34.0 Å². The van der Waals surface area contributed by atoms with Crippen LogP contribution in [0.2, 0.25) is 0 Å². The summed E-state index contributed by atoms with van der Waals surface area (Å²) in [4.78, 5) is 0. The largest absolute Gasteiger partial charge is 0.394 e. The molecule has 3 aromatic carbocycles. The van der Waals surface area contributed by atoms with E-state index in [-0.39, 0.29) is 6.61 Å². The van der Waals surface area contributed by atoms with Crippen LogP contribution >= 0.6 is 0 Å². The zero-order chi connectivity index (χ0) is 20.4. The third-order valence-electron chi connectivity index (χ3n) is 5.77. The number of nitrogens with one attached hydrogen (secondary N) is 1. The van der Waals surface area contributed by atoms with E-state index in [0.29, 0.717) is 19.8 Å². The molecule has 1 heterocycles. The summed E-state index contributed by atoms with van der Waals surface area (Å²) in [6.45, 7) is 1.30. The second-order valence-corrected chi connectivity index (χ2v) is 7.75. The van der Waals surface area contributed by atoms with Crippen molar-refractivity contribution in [3.63, 3.8) is 0 Å². The number of hydrogen-bond acceptors (Lipinski definition) is 4. The predicted molar refractivity (Wildman–Crippen MR) is 118 cm³/mol. The van der Waals surface area contributed by atoms with E-state index in [1.54, 1.807) is 14.2 Å². The van der Waals surface area contributed by atoms with E-state index in [1.807, 2.05) is 0 Å². The number of benzene rings is 3. The third kappa shape index (κ3) is 3.51. The van der Waals surface area contributed by atoms with Crippen LogP contribution in [0.1, 0.15) is 5.56 Å². The first-order chi connectivity index (χ1) is 14.1. The van der Waals surface area contributed by atoms with Crippen molar-refractivity contribution in [2.45, 2.75) is 12.1 Å². The van der Waals surface area contributed by atoms with E-state index >= 15 is 0 Å². The summed E-state index contributed by atoms with van der Waals surface area (Å²) < 4.78 is 12.9. The Morgan fingerprint density at radius 2 is 1.66 bits per heavy atom. The van der Waals surface area contributed by atoms with Crippen LogP contribution in [0.4, 0.5) is 0 Å². The van der Waals surface area contributed by atoms with Gasteiger partial charge in [-0.05, 0) is 34.5 Å². The molecule has 0 atom stereocenters. The van der Waals surface area contributed by atoms with Crippen molar-refractivity contribution < 1.29 is 14.6 Å². The van der Waals surface area contributed by atoms with Gasteiger partial charge >= 0.3 is 0 Å². The average Bonchev–Trinajstić information content (AvgIpc) is 3.04. The summed E-state index contributed by atoms with van der Waals surface area (Å²) in [5, 5.41) is 18.4. The van der Waals surface area contributed by atoms with Gasteiger partial charge in [-0.1, -0.05) is 36.4 Å². The normalized spacial score (nSPS) is 12.4. The number of fused-ring (bicyclic) bond motifs is 5. The Bertz CT molecular complexity index is 1140. The second-order valence-electron chi connectivity index (χ2n) is 7.75. The van der Waals surface area contributed by atoms with Gasteiger partial charge in [0, 0.05) is 49.6 Å². The van der Waals surface area contributed by atoms with Crippen molar-refractivity contribution in [2.24, 2.45) is 7.05 Å². The third-order valence-corrected chi connectivity index (χ3v) is 5.77. The van der Waals surface area contributed by atoms with Gasteiger partial charge in [0.2, 0.25) is 0 Å². The molecule has 152 valence electrons. The minimum absolute atomic E-state index is 0.0597. The molecule has 5 nitrogen and oxygen atoms in total. The van der Waals surface area contributed by atoms with E-state index in [0.717, 1.165) is 5.56 Å². The monoisotopic (exact) mass is 392 g/mol. The molecule has 29 heavy (non-hydrogen) atoms. The number of methoxy groups -OCH3 is 2. The van der Waals surface area contributed by atoms with Crippen molar-refractivity contribution in [3.8, 4) is 0 Å². The standard InChI is InChI=1S/C24H28N2O3/c1-26-21-10-8-17(13-25-24(14-27,15-28-2)16-29-3)12-20(21)23-19-7-5-4-6-18(19)9-11-22(23)26/h4-12,25,27H,13-16H2,1-3H3. The number of ether oxygens (including phenoxy) is 2. The number of aliphatic hydroxyl groups excluding tert-OH is 1. The Kier molecular flexibility index (Phi) is 5.56. The molecule has 2 N–H and O–H groups in total. The minimum atomic E-state index is -0.621. The quantitative estimate of drug-likeness (QED) is 0.481. The van der Waals surface area contributed by atoms with Gasteiger partial charge in [-0.3, -0.25) is 0 Å². The molecule has 0 bridgehead atoms. The highest BCUT2D eigenvalue weighted by Gasteiger charge is 2.29. The highest BCUT2D eigenvalue weighted by Crippen LogP contribution is 2.34. The number of aliphatic hydroxyl groups is 1. The first-order valence-corrected chi connectivity index (χ1v) is 9.85. The molecule has 0 amide bonds. The van der Waals surface area contributed by atoms with Crippen LogP contribution in [0, 0.1) is 0 Å². The Morgan fingerprint density at radius 3 is 2.38 bits per heavy atom. The van der Waals surface area contributed by atoms with Crippen LogP contribution in [-0.2, 0) is 23.1 Å². The number of hydrogen-bond donors (Lipinski definition) is 2. The van der Waals surface area contributed by atoms with E-state index < -0.39 is 5.54 Å². The van der Waals surface area contributed by atoms with Crippen LogP contribution in [0.5, 0.6) is 0 Å². The zero-order valence-electron chi connectivity index (χ0n) is 17.2. The Balaban J connectivity index is 1.77. The van der Waals surface area contributed by atoms with E-state index in [2.05, 4.69) is 71.5 Å². The summed E-state index contributed by atoms with van der Waals surface area (Å²) in [7, 11) is 5.38. The Hall–Kier alpha value is -2.44. The topological polar surface area (TPSA) is 55.6 Å². The van der Waals surface area contributed by atoms with Crippen LogP contribution in [0.25, 0.3) is 32.6 Å². The fraction of sp³-hybridized carbons (Fsp3) is 0.333. The van der Waals surface area contributed by atoms with Gasteiger partial charge < -0.3 is 24.5 Å². The summed E-state index contributed by atoms with van der Waals surface area (Å²) in [5.74, 6) is 0. The van der Waals surface area contributed by atoms with Crippen molar-refractivity contribution in [1.29, 1.82) is 0 Å². The summed E-state index contributed by atoms with van der Waals surface area (Å²) in [6.07, 6.45) is 0. The van der Waals surface area contributed by atoms with Gasteiger partial charge in [-0.2, -0.15) is 0 Å². The molecule has 0 aliphatic heterocycles. The lowest BCUT2D eigenvalue weighted by Crippen LogP contribution is -2.55.